The Hall–Kier alpha value is -2.06. The lowest BCUT2D eigenvalue weighted by molar-refractivity contribution is -0.116. The smallest absolute Gasteiger partial charge is 0.244 e. The normalized spacial score (nSPS) is 11.1. The molecule has 0 spiro atoms. The third-order valence-corrected chi connectivity index (χ3v) is 3.87. The van der Waals surface area contributed by atoms with Crippen molar-refractivity contribution in [3.8, 4) is 0 Å². The first-order valence-corrected chi connectivity index (χ1v) is 8.22. The Morgan fingerprint density at radius 2 is 1.91 bits per heavy atom. The predicted octanol–water partition coefficient (Wildman–Crippen LogP) is 4.84. The molecule has 0 aliphatic rings. The molecule has 2 aromatic rings. The van der Waals surface area contributed by atoms with Gasteiger partial charge in [0.25, 0.3) is 0 Å². The largest absolute Gasteiger partial charge is 0.352 e. The first kappa shape index (κ1) is 17.3. The minimum atomic E-state index is -0.0834. The first-order chi connectivity index (χ1) is 11.0. The predicted molar refractivity (Wildman–Crippen MR) is 97.7 cm³/mol. The molecule has 0 saturated carbocycles. The van der Waals surface area contributed by atoms with E-state index in [1.54, 1.807) is 6.08 Å². The molecule has 0 aliphatic heterocycles. The summed E-state index contributed by atoms with van der Waals surface area (Å²) in [5.41, 5.74) is 3.44. The van der Waals surface area contributed by atoms with E-state index in [1.165, 1.54) is 5.56 Å². The van der Waals surface area contributed by atoms with Crippen LogP contribution in [0.15, 0.2) is 54.6 Å². The summed E-state index contributed by atoms with van der Waals surface area (Å²) < 4.78 is 0. The summed E-state index contributed by atoms with van der Waals surface area (Å²) in [6.07, 6.45) is 4.17. The van der Waals surface area contributed by atoms with Crippen molar-refractivity contribution in [3.05, 3.63) is 76.3 Å². The van der Waals surface area contributed by atoms with Crippen LogP contribution in [0.25, 0.3) is 6.08 Å². The van der Waals surface area contributed by atoms with Gasteiger partial charge < -0.3 is 5.32 Å². The average molecular weight is 328 g/mol. The maximum absolute atomic E-state index is 11.8. The molecule has 23 heavy (non-hydrogen) atoms. The molecule has 0 saturated heterocycles. The number of benzene rings is 2. The number of rotatable bonds is 6. The van der Waals surface area contributed by atoms with E-state index in [-0.39, 0.29) is 5.91 Å². The van der Waals surface area contributed by atoms with Gasteiger partial charge >= 0.3 is 0 Å². The van der Waals surface area contributed by atoms with Gasteiger partial charge in [0.05, 0.1) is 0 Å². The minimum absolute atomic E-state index is 0.0834. The van der Waals surface area contributed by atoms with Crippen molar-refractivity contribution >= 4 is 23.6 Å². The summed E-state index contributed by atoms with van der Waals surface area (Å²) in [5, 5.41) is 3.60. The van der Waals surface area contributed by atoms with Gasteiger partial charge in [-0.1, -0.05) is 61.8 Å². The Bertz CT molecular complexity index is 674. The Balaban J connectivity index is 1.80. The summed E-state index contributed by atoms with van der Waals surface area (Å²) in [6.45, 7) is 4.92. The number of carbonyl (C=O) groups is 1. The quantitative estimate of drug-likeness (QED) is 0.756. The molecule has 0 unspecified atom stereocenters. The summed E-state index contributed by atoms with van der Waals surface area (Å²) >= 11 is 5.94. The summed E-state index contributed by atoms with van der Waals surface area (Å²) in [5.74, 6) is 0.433. The van der Waals surface area contributed by atoms with Gasteiger partial charge in [-0.2, -0.15) is 0 Å². The highest BCUT2D eigenvalue weighted by Gasteiger charge is 1.99. The second-order valence-corrected chi connectivity index (χ2v) is 6.26. The van der Waals surface area contributed by atoms with Gasteiger partial charge in [0.15, 0.2) is 0 Å². The monoisotopic (exact) mass is 327 g/mol. The minimum Gasteiger partial charge on any atom is -0.352 e. The lowest BCUT2D eigenvalue weighted by Crippen LogP contribution is -2.23. The number of halogens is 1. The van der Waals surface area contributed by atoms with E-state index in [0.29, 0.717) is 12.5 Å². The fourth-order valence-electron chi connectivity index (χ4n) is 2.25. The van der Waals surface area contributed by atoms with E-state index in [1.807, 2.05) is 42.5 Å². The van der Waals surface area contributed by atoms with Crippen LogP contribution in [-0.2, 0) is 11.2 Å². The molecule has 3 heteroatoms. The molecule has 0 heterocycles. The number of carbonyl (C=O) groups excluding carboxylic acids is 1. The van der Waals surface area contributed by atoms with Crippen molar-refractivity contribution in [1.29, 1.82) is 0 Å². The SMILES string of the molecule is CC(C)c1ccc(C=CC(=O)NCCc2cccc(Cl)c2)cc1. The molecule has 2 rings (SSSR count). The van der Waals surface area contributed by atoms with Crippen molar-refractivity contribution in [2.24, 2.45) is 0 Å². The van der Waals surface area contributed by atoms with Crippen molar-refractivity contribution < 1.29 is 4.79 Å². The zero-order valence-electron chi connectivity index (χ0n) is 13.6. The van der Waals surface area contributed by atoms with E-state index >= 15 is 0 Å². The number of nitrogens with one attached hydrogen (secondary N) is 1. The van der Waals surface area contributed by atoms with Crippen LogP contribution in [-0.4, -0.2) is 12.5 Å². The van der Waals surface area contributed by atoms with E-state index < -0.39 is 0 Å². The fraction of sp³-hybridized carbons (Fsp3) is 0.250. The van der Waals surface area contributed by atoms with Crippen molar-refractivity contribution in [2.75, 3.05) is 6.54 Å². The van der Waals surface area contributed by atoms with Gasteiger partial charge in [0, 0.05) is 17.6 Å². The van der Waals surface area contributed by atoms with Crippen molar-refractivity contribution in [3.63, 3.8) is 0 Å². The molecule has 1 N–H and O–H groups in total. The highest BCUT2D eigenvalue weighted by molar-refractivity contribution is 6.30. The van der Waals surface area contributed by atoms with E-state index in [0.717, 1.165) is 22.6 Å². The molecular formula is C20H22ClNO. The maximum Gasteiger partial charge on any atom is 0.244 e. The summed E-state index contributed by atoms with van der Waals surface area (Å²) in [6, 6.07) is 15.9. The van der Waals surface area contributed by atoms with Crippen molar-refractivity contribution in [2.45, 2.75) is 26.2 Å². The zero-order valence-corrected chi connectivity index (χ0v) is 14.3. The Labute approximate surface area is 143 Å². The molecule has 0 bridgehead atoms. The molecule has 0 fully saturated rings. The molecule has 2 nitrogen and oxygen atoms in total. The van der Waals surface area contributed by atoms with E-state index in [2.05, 4.69) is 31.3 Å². The van der Waals surface area contributed by atoms with Gasteiger partial charge in [0.1, 0.15) is 0 Å². The molecule has 0 atom stereocenters. The molecule has 120 valence electrons. The number of hydrogen-bond donors (Lipinski definition) is 1. The molecule has 0 aromatic heterocycles. The average Bonchev–Trinajstić information content (AvgIpc) is 2.53. The van der Waals surface area contributed by atoms with Gasteiger partial charge in [-0.3, -0.25) is 4.79 Å². The van der Waals surface area contributed by atoms with E-state index in [4.69, 9.17) is 11.6 Å². The number of amides is 1. The standard InChI is InChI=1S/C20H22ClNO/c1-15(2)18-9-6-16(7-10-18)8-11-20(23)22-13-12-17-4-3-5-19(21)14-17/h3-11,14-15H,12-13H2,1-2H3,(H,22,23). The van der Waals surface area contributed by atoms with Gasteiger partial charge in [-0.15, -0.1) is 0 Å². The van der Waals surface area contributed by atoms with Gasteiger partial charge in [-0.05, 0) is 47.2 Å². The molecule has 0 radical (unpaired) electrons. The number of hydrogen-bond acceptors (Lipinski definition) is 1. The van der Waals surface area contributed by atoms with Gasteiger partial charge in [0.2, 0.25) is 5.91 Å². The topological polar surface area (TPSA) is 29.1 Å². The van der Waals surface area contributed by atoms with Gasteiger partial charge in [-0.25, -0.2) is 0 Å². The first-order valence-electron chi connectivity index (χ1n) is 7.85. The summed E-state index contributed by atoms with van der Waals surface area (Å²) in [7, 11) is 0. The molecule has 0 aliphatic carbocycles. The Kier molecular flexibility index (Phi) is 6.42. The Morgan fingerprint density at radius 1 is 1.17 bits per heavy atom. The zero-order chi connectivity index (χ0) is 16.7. The van der Waals surface area contributed by atoms with Crippen LogP contribution in [0, 0.1) is 0 Å². The van der Waals surface area contributed by atoms with E-state index in [9.17, 15) is 4.79 Å². The van der Waals surface area contributed by atoms with Crippen LogP contribution in [0.2, 0.25) is 5.02 Å². The highest BCUT2D eigenvalue weighted by Crippen LogP contribution is 2.15. The molecule has 1 amide bonds. The maximum atomic E-state index is 11.8. The van der Waals surface area contributed by atoms with Crippen LogP contribution in [0.3, 0.4) is 0 Å². The fourth-order valence-corrected chi connectivity index (χ4v) is 2.46. The lowest BCUT2D eigenvalue weighted by Gasteiger charge is -2.05. The highest BCUT2D eigenvalue weighted by atomic mass is 35.5. The Morgan fingerprint density at radius 3 is 2.57 bits per heavy atom. The summed E-state index contributed by atoms with van der Waals surface area (Å²) in [4.78, 5) is 11.8. The third-order valence-electron chi connectivity index (χ3n) is 3.63. The van der Waals surface area contributed by atoms with Crippen LogP contribution >= 0.6 is 11.6 Å². The third kappa shape index (κ3) is 5.91. The van der Waals surface area contributed by atoms with Crippen LogP contribution in [0.5, 0.6) is 0 Å². The van der Waals surface area contributed by atoms with Crippen LogP contribution in [0.1, 0.15) is 36.5 Å². The van der Waals surface area contributed by atoms with Crippen LogP contribution < -0.4 is 5.32 Å². The molecular weight excluding hydrogens is 306 g/mol. The second kappa shape index (κ2) is 8.54. The lowest BCUT2D eigenvalue weighted by atomic mass is 10.0. The second-order valence-electron chi connectivity index (χ2n) is 5.83. The van der Waals surface area contributed by atoms with Crippen LogP contribution in [0.4, 0.5) is 0 Å². The molecule has 2 aromatic carbocycles. The van der Waals surface area contributed by atoms with Crippen molar-refractivity contribution in [1.82, 2.24) is 5.32 Å².